The van der Waals surface area contributed by atoms with Gasteiger partial charge in [-0.1, -0.05) is 56.2 Å². The third-order valence-electron chi connectivity index (χ3n) is 3.26. The quantitative estimate of drug-likeness (QED) is 0.839. The topological polar surface area (TPSA) is 32.3 Å². The summed E-state index contributed by atoms with van der Waals surface area (Å²) in [5.41, 5.74) is 2.96. The third kappa shape index (κ3) is 7.56. The van der Waals surface area contributed by atoms with Crippen LogP contribution in [0.4, 0.5) is 0 Å². The monoisotopic (exact) mass is 294 g/mol. The maximum atomic E-state index is 11.6. The maximum absolute atomic E-state index is 11.6. The van der Waals surface area contributed by atoms with E-state index >= 15 is 0 Å². The van der Waals surface area contributed by atoms with E-state index in [0.717, 1.165) is 13.1 Å². The highest BCUT2D eigenvalue weighted by Gasteiger charge is 2.15. The van der Waals surface area contributed by atoms with Crippen LogP contribution in [-0.2, 0) is 4.79 Å². The predicted octanol–water partition coefficient (Wildman–Crippen LogP) is 3.15. The number of benzene rings is 1. The van der Waals surface area contributed by atoms with Gasteiger partial charge in [0.2, 0.25) is 5.91 Å². The lowest BCUT2D eigenvalue weighted by atomic mass is 10.2. The molecule has 112 valence electrons. The number of rotatable bonds is 3. The molecule has 4 heteroatoms. The molecule has 3 nitrogen and oxygen atoms in total. The minimum absolute atomic E-state index is 0.00147. The molecule has 0 aliphatic carbocycles. The number of nitrogens with zero attached hydrogens (tertiary/aromatic N) is 1. The summed E-state index contributed by atoms with van der Waals surface area (Å²) in [4.78, 5) is 11.6. The molecule has 1 aromatic carbocycles. The number of carbonyl (C=O) groups excluding carboxylic acids is 1. The van der Waals surface area contributed by atoms with E-state index in [9.17, 15) is 4.79 Å². The lowest BCUT2D eigenvalue weighted by molar-refractivity contribution is -0.128. The number of thiol groups is 1. The average Bonchev–Trinajstić information content (AvgIpc) is 2.77. The van der Waals surface area contributed by atoms with E-state index in [-0.39, 0.29) is 11.8 Å². The molecule has 1 N–H and O–H groups in total. The van der Waals surface area contributed by atoms with Crippen molar-refractivity contribution in [3.05, 3.63) is 36.4 Å². The Bertz CT molecular complexity index is 324. The van der Waals surface area contributed by atoms with E-state index in [4.69, 9.17) is 0 Å². The van der Waals surface area contributed by atoms with Crippen LogP contribution in [0.5, 0.6) is 0 Å². The zero-order chi connectivity index (χ0) is 14.6. The summed E-state index contributed by atoms with van der Waals surface area (Å²) in [6.07, 6.45) is 4.95. The number of hydrogen-bond acceptors (Lipinski definition) is 3. The van der Waals surface area contributed by atoms with Gasteiger partial charge in [0.25, 0.3) is 0 Å². The maximum Gasteiger partial charge on any atom is 0.237 e. The third-order valence-corrected chi connectivity index (χ3v) is 3.81. The smallest absolute Gasteiger partial charge is 0.237 e. The van der Waals surface area contributed by atoms with Gasteiger partial charge in [-0.25, -0.2) is 5.01 Å². The summed E-state index contributed by atoms with van der Waals surface area (Å²) in [7, 11) is 0. The summed E-state index contributed by atoms with van der Waals surface area (Å²) < 4.78 is 0. The van der Waals surface area contributed by atoms with Crippen LogP contribution in [-0.4, -0.2) is 29.8 Å². The molecule has 0 saturated carbocycles. The molecule has 0 radical (unpaired) electrons. The first-order valence-electron chi connectivity index (χ1n) is 7.40. The summed E-state index contributed by atoms with van der Waals surface area (Å²) in [5, 5.41) is 2.05. The molecule has 0 spiro atoms. The van der Waals surface area contributed by atoms with Crippen LogP contribution in [0.2, 0.25) is 0 Å². The van der Waals surface area contributed by atoms with Crippen molar-refractivity contribution in [2.24, 2.45) is 5.92 Å². The highest BCUT2D eigenvalue weighted by Crippen LogP contribution is 2.08. The molecule has 1 atom stereocenters. The summed E-state index contributed by atoms with van der Waals surface area (Å²) in [6.45, 7) is 3.89. The highest BCUT2D eigenvalue weighted by molar-refractivity contribution is 7.80. The molecule has 1 unspecified atom stereocenters. The van der Waals surface area contributed by atoms with Crippen molar-refractivity contribution in [1.29, 1.82) is 0 Å². The van der Waals surface area contributed by atoms with Gasteiger partial charge in [0.15, 0.2) is 0 Å². The summed E-state index contributed by atoms with van der Waals surface area (Å²) in [5.74, 6) is 0.711. The highest BCUT2D eigenvalue weighted by atomic mass is 32.1. The van der Waals surface area contributed by atoms with Gasteiger partial charge < -0.3 is 0 Å². The molecule has 1 saturated heterocycles. The Morgan fingerprint density at radius 1 is 1.05 bits per heavy atom. The van der Waals surface area contributed by atoms with Crippen LogP contribution in [0.15, 0.2) is 36.4 Å². The molecule has 1 aliphatic rings. The molecular formula is C16H26N2OS. The molecule has 1 fully saturated rings. The first-order chi connectivity index (χ1) is 9.74. The van der Waals surface area contributed by atoms with Gasteiger partial charge in [-0.2, -0.15) is 12.6 Å². The van der Waals surface area contributed by atoms with Crippen molar-refractivity contribution in [2.75, 3.05) is 18.8 Å². The second-order valence-corrected chi connectivity index (χ2v) is 5.48. The Hall–Kier alpha value is -1.00. The second-order valence-electron chi connectivity index (χ2n) is 5.12. The van der Waals surface area contributed by atoms with E-state index in [1.807, 2.05) is 43.3 Å². The van der Waals surface area contributed by atoms with Gasteiger partial charge in [-0.15, -0.1) is 0 Å². The van der Waals surface area contributed by atoms with Crippen LogP contribution >= 0.6 is 12.6 Å². The van der Waals surface area contributed by atoms with Gasteiger partial charge in [0.1, 0.15) is 0 Å². The molecule has 0 bridgehead atoms. The fraction of sp³-hybridized carbons (Fsp3) is 0.562. The summed E-state index contributed by atoms with van der Waals surface area (Å²) in [6, 6.07) is 12.0. The fourth-order valence-corrected chi connectivity index (χ4v) is 2.08. The van der Waals surface area contributed by atoms with Crippen LogP contribution in [0, 0.1) is 5.92 Å². The van der Waals surface area contributed by atoms with E-state index in [1.54, 1.807) is 0 Å². The Morgan fingerprint density at radius 2 is 1.50 bits per heavy atom. The molecule has 20 heavy (non-hydrogen) atoms. The van der Waals surface area contributed by atoms with Gasteiger partial charge >= 0.3 is 0 Å². The molecule has 0 aromatic heterocycles. The Kier molecular flexibility index (Phi) is 9.16. The van der Waals surface area contributed by atoms with Crippen molar-refractivity contribution in [3.63, 3.8) is 0 Å². The number of carbonyl (C=O) groups is 1. The largest absolute Gasteiger partial charge is 0.289 e. The lowest BCUT2D eigenvalue weighted by Crippen LogP contribution is -2.45. The molecule has 1 aromatic rings. The first kappa shape index (κ1) is 17.1. The SMILES string of the molecule is CC(CS)C(=O)NN1CCCCCC1.c1ccccc1. The minimum atomic E-state index is 0.00147. The zero-order valence-electron chi connectivity index (χ0n) is 12.3. The number of amides is 1. The number of hydrazine groups is 1. The molecule has 1 aliphatic heterocycles. The predicted molar refractivity (Wildman–Crippen MR) is 87.6 cm³/mol. The first-order valence-corrected chi connectivity index (χ1v) is 8.03. The van der Waals surface area contributed by atoms with Crippen molar-refractivity contribution < 1.29 is 4.79 Å². The van der Waals surface area contributed by atoms with E-state index in [2.05, 4.69) is 23.1 Å². The van der Waals surface area contributed by atoms with Crippen molar-refractivity contribution in [2.45, 2.75) is 32.6 Å². The summed E-state index contributed by atoms with van der Waals surface area (Å²) >= 11 is 4.11. The van der Waals surface area contributed by atoms with E-state index < -0.39 is 0 Å². The van der Waals surface area contributed by atoms with Crippen molar-refractivity contribution >= 4 is 18.5 Å². The molecule has 2 rings (SSSR count). The number of hydrogen-bond donors (Lipinski definition) is 2. The van der Waals surface area contributed by atoms with Gasteiger partial charge in [0.05, 0.1) is 0 Å². The zero-order valence-corrected chi connectivity index (χ0v) is 13.2. The Morgan fingerprint density at radius 3 is 1.90 bits per heavy atom. The Labute approximate surface area is 128 Å². The number of nitrogens with one attached hydrogen (secondary N) is 1. The average molecular weight is 294 g/mol. The van der Waals surface area contributed by atoms with E-state index in [0.29, 0.717) is 5.75 Å². The van der Waals surface area contributed by atoms with Crippen LogP contribution in [0.25, 0.3) is 0 Å². The molecule has 1 amide bonds. The van der Waals surface area contributed by atoms with Crippen LogP contribution in [0.3, 0.4) is 0 Å². The van der Waals surface area contributed by atoms with Crippen molar-refractivity contribution in [1.82, 2.24) is 10.4 Å². The molecule has 1 heterocycles. The van der Waals surface area contributed by atoms with Crippen LogP contribution < -0.4 is 5.43 Å². The second kappa shape index (κ2) is 10.7. The van der Waals surface area contributed by atoms with Gasteiger partial charge in [-0.3, -0.25) is 10.2 Å². The lowest BCUT2D eigenvalue weighted by Gasteiger charge is -2.22. The van der Waals surface area contributed by atoms with E-state index in [1.165, 1.54) is 25.7 Å². The minimum Gasteiger partial charge on any atom is -0.289 e. The fourth-order valence-electron chi connectivity index (χ4n) is 1.92. The van der Waals surface area contributed by atoms with Gasteiger partial charge in [-0.05, 0) is 12.8 Å². The Balaban J connectivity index is 0.000000276. The van der Waals surface area contributed by atoms with Gasteiger partial charge in [0, 0.05) is 24.8 Å². The van der Waals surface area contributed by atoms with Crippen molar-refractivity contribution in [3.8, 4) is 0 Å². The van der Waals surface area contributed by atoms with Crippen LogP contribution in [0.1, 0.15) is 32.6 Å². The normalized spacial score (nSPS) is 17.3. The molecular weight excluding hydrogens is 268 g/mol. The standard InChI is InChI=1S/C10H20N2OS.C6H6/c1-9(8-14)10(13)11-12-6-4-2-3-5-7-12;1-2-4-6-5-3-1/h9,14H,2-8H2,1H3,(H,11,13);1-6H.